The molecule has 2 fully saturated rings. The van der Waals surface area contributed by atoms with E-state index in [1.54, 1.807) is 13.8 Å². The van der Waals surface area contributed by atoms with E-state index >= 15 is 0 Å². The molecule has 19 heavy (non-hydrogen) atoms. The molecule has 0 radical (unpaired) electrons. The van der Waals surface area contributed by atoms with Crippen molar-refractivity contribution in [2.45, 2.75) is 51.6 Å². The highest BCUT2D eigenvalue weighted by Gasteiger charge is 2.25. The van der Waals surface area contributed by atoms with Crippen molar-refractivity contribution in [2.24, 2.45) is 0 Å². The lowest BCUT2D eigenvalue weighted by molar-refractivity contribution is -0.130. The number of amides is 2. The normalized spacial score (nSPS) is 22.6. The van der Waals surface area contributed by atoms with E-state index in [4.69, 9.17) is 0 Å². The molecule has 2 aliphatic rings. The lowest BCUT2D eigenvalue weighted by Gasteiger charge is -2.37. The number of carbonyl (C=O) groups excluding carboxylic acids is 2. The summed E-state index contributed by atoms with van der Waals surface area (Å²) in [7, 11) is 0. The minimum atomic E-state index is 0.188. The largest absolute Gasteiger partial charge is 0.343 e. The number of likely N-dealkylation sites (tertiary alicyclic amines) is 2. The van der Waals surface area contributed by atoms with Crippen LogP contribution in [0.4, 0.5) is 0 Å². The van der Waals surface area contributed by atoms with E-state index in [0.29, 0.717) is 12.1 Å². The zero-order chi connectivity index (χ0) is 13.8. The number of hydrogen-bond donors (Lipinski definition) is 1. The van der Waals surface area contributed by atoms with E-state index < -0.39 is 0 Å². The molecule has 0 aliphatic carbocycles. The minimum Gasteiger partial charge on any atom is -0.343 e. The number of nitrogens with zero attached hydrogens (tertiary/aromatic N) is 2. The maximum Gasteiger partial charge on any atom is 0.219 e. The molecule has 5 heteroatoms. The third-order valence-electron chi connectivity index (χ3n) is 4.35. The molecular formula is C14H25N3O2. The second kappa shape index (κ2) is 6.37. The Bertz CT molecular complexity index is 298. The van der Waals surface area contributed by atoms with Gasteiger partial charge in [0.1, 0.15) is 0 Å². The Labute approximate surface area is 115 Å². The molecule has 2 saturated heterocycles. The van der Waals surface area contributed by atoms with Crippen molar-refractivity contribution in [3.63, 3.8) is 0 Å². The van der Waals surface area contributed by atoms with Crippen molar-refractivity contribution in [3.8, 4) is 0 Å². The van der Waals surface area contributed by atoms with Crippen LogP contribution in [-0.2, 0) is 9.59 Å². The molecule has 1 N–H and O–H groups in total. The first-order valence-corrected chi connectivity index (χ1v) is 7.33. The van der Waals surface area contributed by atoms with Gasteiger partial charge in [-0.3, -0.25) is 9.59 Å². The Morgan fingerprint density at radius 1 is 0.789 bits per heavy atom. The number of rotatable bonds is 2. The zero-order valence-corrected chi connectivity index (χ0v) is 12.0. The van der Waals surface area contributed by atoms with Crippen molar-refractivity contribution in [1.82, 2.24) is 15.1 Å². The van der Waals surface area contributed by atoms with Crippen molar-refractivity contribution in [2.75, 3.05) is 26.2 Å². The molecule has 0 aromatic heterocycles. The highest BCUT2D eigenvalue weighted by Crippen LogP contribution is 2.15. The molecule has 0 aromatic rings. The topological polar surface area (TPSA) is 52.7 Å². The lowest BCUT2D eigenvalue weighted by Crippen LogP contribution is -2.50. The Morgan fingerprint density at radius 2 is 1.11 bits per heavy atom. The average molecular weight is 267 g/mol. The number of piperidine rings is 2. The van der Waals surface area contributed by atoms with Gasteiger partial charge >= 0.3 is 0 Å². The summed E-state index contributed by atoms with van der Waals surface area (Å²) in [5.74, 6) is 0.376. The third-order valence-corrected chi connectivity index (χ3v) is 4.35. The molecule has 0 spiro atoms. The van der Waals surface area contributed by atoms with Crippen LogP contribution < -0.4 is 5.32 Å². The standard InChI is InChI=1S/C14H25N3O2/c1-11(18)16-7-3-13(4-8-16)15-14-5-9-17(10-6-14)12(2)19/h13-15H,3-10H2,1-2H3. The van der Waals surface area contributed by atoms with Crippen molar-refractivity contribution >= 4 is 11.8 Å². The van der Waals surface area contributed by atoms with Gasteiger partial charge < -0.3 is 15.1 Å². The maximum absolute atomic E-state index is 11.3. The van der Waals surface area contributed by atoms with Crippen molar-refractivity contribution < 1.29 is 9.59 Å². The second-order valence-corrected chi connectivity index (χ2v) is 5.73. The summed E-state index contributed by atoms with van der Waals surface area (Å²) in [5, 5.41) is 3.70. The summed E-state index contributed by atoms with van der Waals surface area (Å²) in [6, 6.07) is 1.06. The summed E-state index contributed by atoms with van der Waals surface area (Å²) in [4.78, 5) is 26.4. The van der Waals surface area contributed by atoms with Crippen LogP contribution in [-0.4, -0.2) is 59.9 Å². The SMILES string of the molecule is CC(=O)N1CCC(NC2CCN(C(C)=O)CC2)CC1. The molecule has 0 bridgehead atoms. The quantitative estimate of drug-likeness (QED) is 0.797. The van der Waals surface area contributed by atoms with Gasteiger partial charge in [0, 0.05) is 52.1 Å². The molecule has 0 atom stereocenters. The van der Waals surface area contributed by atoms with Crippen LogP contribution in [0.25, 0.3) is 0 Å². The predicted molar refractivity (Wildman–Crippen MR) is 73.7 cm³/mol. The summed E-state index contributed by atoms with van der Waals surface area (Å²) in [5.41, 5.74) is 0. The Hall–Kier alpha value is -1.10. The smallest absolute Gasteiger partial charge is 0.219 e. The molecule has 0 saturated carbocycles. The third kappa shape index (κ3) is 3.93. The fourth-order valence-corrected chi connectivity index (χ4v) is 3.06. The van der Waals surface area contributed by atoms with Gasteiger partial charge in [-0.2, -0.15) is 0 Å². The Balaban J connectivity index is 1.69. The van der Waals surface area contributed by atoms with Crippen molar-refractivity contribution in [1.29, 1.82) is 0 Å². The summed E-state index contributed by atoms with van der Waals surface area (Å²) < 4.78 is 0. The molecule has 2 rings (SSSR count). The number of hydrogen-bond acceptors (Lipinski definition) is 3. The highest BCUT2D eigenvalue weighted by atomic mass is 16.2. The molecule has 0 unspecified atom stereocenters. The van der Waals surface area contributed by atoms with Crippen LogP contribution in [0, 0.1) is 0 Å². The van der Waals surface area contributed by atoms with E-state index in [0.717, 1.165) is 51.9 Å². The fraction of sp³-hybridized carbons (Fsp3) is 0.857. The molecular weight excluding hydrogens is 242 g/mol. The molecule has 2 amide bonds. The van der Waals surface area contributed by atoms with Gasteiger partial charge in [-0.25, -0.2) is 0 Å². The van der Waals surface area contributed by atoms with Gasteiger partial charge in [0.25, 0.3) is 0 Å². The number of carbonyl (C=O) groups is 2. The van der Waals surface area contributed by atoms with Crippen LogP contribution in [0.3, 0.4) is 0 Å². The minimum absolute atomic E-state index is 0.188. The van der Waals surface area contributed by atoms with Gasteiger partial charge in [0.2, 0.25) is 11.8 Å². The summed E-state index contributed by atoms with van der Waals surface area (Å²) >= 11 is 0. The van der Waals surface area contributed by atoms with E-state index in [1.165, 1.54) is 0 Å². The summed E-state index contributed by atoms with van der Waals surface area (Å²) in [6.07, 6.45) is 4.19. The number of nitrogens with one attached hydrogen (secondary N) is 1. The van der Waals surface area contributed by atoms with Crippen LogP contribution in [0.1, 0.15) is 39.5 Å². The van der Waals surface area contributed by atoms with Crippen LogP contribution in [0.5, 0.6) is 0 Å². The summed E-state index contributed by atoms with van der Waals surface area (Å²) in [6.45, 7) is 6.79. The van der Waals surface area contributed by atoms with Crippen molar-refractivity contribution in [3.05, 3.63) is 0 Å². The van der Waals surface area contributed by atoms with E-state index in [-0.39, 0.29) is 11.8 Å². The molecule has 2 heterocycles. The monoisotopic (exact) mass is 267 g/mol. The first kappa shape index (κ1) is 14.3. The molecule has 108 valence electrons. The van der Waals surface area contributed by atoms with E-state index in [2.05, 4.69) is 5.32 Å². The molecule has 5 nitrogen and oxygen atoms in total. The second-order valence-electron chi connectivity index (χ2n) is 5.73. The van der Waals surface area contributed by atoms with E-state index in [9.17, 15) is 9.59 Å². The van der Waals surface area contributed by atoms with Gasteiger partial charge in [-0.05, 0) is 25.7 Å². The van der Waals surface area contributed by atoms with Crippen LogP contribution in [0.15, 0.2) is 0 Å². The van der Waals surface area contributed by atoms with Crippen LogP contribution in [0.2, 0.25) is 0 Å². The Kier molecular flexibility index (Phi) is 4.80. The predicted octanol–water partition coefficient (Wildman–Crippen LogP) is 0.598. The van der Waals surface area contributed by atoms with Gasteiger partial charge in [0.15, 0.2) is 0 Å². The first-order valence-electron chi connectivity index (χ1n) is 7.33. The molecule has 0 aromatic carbocycles. The zero-order valence-electron chi connectivity index (χ0n) is 12.0. The van der Waals surface area contributed by atoms with Gasteiger partial charge in [-0.15, -0.1) is 0 Å². The fourth-order valence-electron chi connectivity index (χ4n) is 3.06. The van der Waals surface area contributed by atoms with Gasteiger partial charge in [-0.1, -0.05) is 0 Å². The van der Waals surface area contributed by atoms with Gasteiger partial charge in [0.05, 0.1) is 0 Å². The van der Waals surface area contributed by atoms with Crippen LogP contribution >= 0.6 is 0 Å². The molecule has 2 aliphatic heterocycles. The highest BCUT2D eigenvalue weighted by molar-refractivity contribution is 5.73. The Morgan fingerprint density at radius 3 is 1.37 bits per heavy atom. The first-order chi connectivity index (χ1) is 9.06. The maximum atomic E-state index is 11.3. The van der Waals surface area contributed by atoms with E-state index in [1.807, 2.05) is 9.80 Å². The average Bonchev–Trinajstić information content (AvgIpc) is 2.40. The lowest BCUT2D eigenvalue weighted by atomic mass is 9.99.